The van der Waals surface area contributed by atoms with E-state index >= 15 is 0 Å². The van der Waals surface area contributed by atoms with Crippen LogP contribution in [0.25, 0.3) is 0 Å². The van der Waals surface area contributed by atoms with Crippen LogP contribution in [-0.4, -0.2) is 37.0 Å². The number of amides is 1. The van der Waals surface area contributed by atoms with Crippen LogP contribution in [-0.2, 0) is 4.74 Å². The van der Waals surface area contributed by atoms with Crippen LogP contribution in [0.3, 0.4) is 0 Å². The monoisotopic (exact) mass is 411 g/mol. The van der Waals surface area contributed by atoms with Crippen molar-refractivity contribution in [2.75, 3.05) is 30.4 Å². The number of nitro groups is 1. The smallest absolute Gasteiger partial charge is 0.338 e. The highest BCUT2D eigenvalue weighted by atomic mass is 16.6. The topological polar surface area (TPSA) is 102 Å². The van der Waals surface area contributed by atoms with E-state index in [-0.39, 0.29) is 11.3 Å². The maximum Gasteiger partial charge on any atom is 0.338 e. The molecule has 1 N–H and O–H groups in total. The zero-order valence-corrected chi connectivity index (χ0v) is 17.3. The molecule has 0 spiro atoms. The molecule has 158 valence electrons. The Bertz CT molecular complexity index is 981. The molecular weight excluding hydrogens is 386 g/mol. The van der Waals surface area contributed by atoms with Crippen LogP contribution in [0.2, 0.25) is 0 Å². The molecule has 8 heteroatoms. The van der Waals surface area contributed by atoms with Crippen molar-refractivity contribution < 1.29 is 19.2 Å². The number of nitrogens with zero attached hydrogens (tertiary/aromatic N) is 2. The summed E-state index contributed by atoms with van der Waals surface area (Å²) in [5.74, 6) is -0.379. The number of carbonyl (C=O) groups excluding carboxylic acids is 2. The minimum Gasteiger partial charge on any atom is -0.465 e. The summed E-state index contributed by atoms with van der Waals surface area (Å²) in [6.07, 6.45) is 1.96. The Balaban J connectivity index is 1.86. The number of carbonyl (C=O) groups is 2. The molecule has 1 aliphatic heterocycles. The molecule has 1 saturated heterocycles. The molecule has 3 rings (SSSR count). The number of rotatable bonds is 5. The highest BCUT2D eigenvalue weighted by Crippen LogP contribution is 2.32. The zero-order valence-electron chi connectivity index (χ0n) is 17.3. The van der Waals surface area contributed by atoms with Gasteiger partial charge < -0.3 is 15.0 Å². The lowest BCUT2D eigenvalue weighted by atomic mass is 9.98. The lowest BCUT2D eigenvalue weighted by Crippen LogP contribution is -2.33. The van der Waals surface area contributed by atoms with Gasteiger partial charge in [-0.3, -0.25) is 14.9 Å². The molecule has 1 fully saturated rings. The Labute approximate surface area is 175 Å². The lowest BCUT2D eigenvalue weighted by molar-refractivity contribution is -0.384. The zero-order chi connectivity index (χ0) is 21.8. The van der Waals surface area contributed by atoms with Crippen LogP contribution in [0.15, 0.2) is 36.4 Å². The van der Waals surface area contributed by atoms with Gasteiger partial charge in [0.25, 0.3) is 11.6 Å². The van der Waals surface area contributed by atoms with Crippen LogP contribution in [0.5, 0.6) is 0 Å². The third kappa shape index (κ3) is 4.42. The average Bonchev–Trinajstić information content (AvgIpc) is 2.74. The van der Waals surface area contributed by atoms with Crippen LogP contribution < -0.4 is 10.2 Å². The van der Waals surface area contributed by atoms with Crippen LogP contribution in [0.1, 0.15) is 46.0 Å². The number of ether oxygens (including phenoxy) is 1. The van der Waals surface area contributed by atoms with E-state index in [9.17, 15) is 19.7 Å². The normalized spacial score (nSPS) is 14.3. The molecule has 30 heavy (non-hydrogen) atoms. The number of hydrogen-bond acceptors (Lipinski definition) is 6. The van der Waals surface area contributed by atoms with E-state index in [1.165, 1.54) is 13.2 Å². The average molecular weight is 411 g/mol. The predicted octanol–water partition coefficient (Wildman–Crippen LogP) is 4.18. The first-order chi connectivity index (χ1) is 14.3. The molecule has 1 amide bonds. The number of methoxy groups -OCH3 is 1. The molecule has 0 aliphatic carbocycles. The third-order valence-electron chi connectivity index (χ3n) is 5.55. The van der Waals surface area contributed by atoms with Crippen molar-refractivity contribution in [2.45, 2.75) is 26.7 Å². The number of hydrogen-bond donors (Lipinski definition) is 1. The number of nitrogens with one attached hydrogen (secondary N) is 1. The Kier molecular flexibility index (Phi) is 6.34. The molecule has 0 saturated carbocycles. The van der Waals surface area contributed by atoms with Gasteiger partial charge in [0, 0.05) is 30.4 Å². The van der Waals surface area contributed by atoms with E-state index < -0.39 is 16.8 Å². The summed E-state index contributed by atoms with van der Waals surface area (Å²) in [4.78, 5) is 37.8. The molecule has 0 unspecified atom stereocenters. The van der Waals surface area contributed by atoms with Gasteiger partial charge in [0.2, 0.25) is 0 Å². The molecule has 0 atom stereocenters. The van der Waals surface area contributed by atoms with Crippen LogP contribution in [0, 0.1) is 23.0 Å². The van der Waals surface area contributed by atoms with Gasteiger partial charge in [-0.2, -0.15) is 0 Å². The van der Waals surface area contributed by atoms with Crippen molar-refractivity contribution in [3.8, 4) is 0 Å². The summed E-state index contributed by atoms with van der Waals surface area (Å²) in [6, 6.07) is 9.45. The largest absolute Gasteiger partial charge is 0.465 e. The van der Waals surface area contributed by atoms with Crippen molar-refractivity contribution in [1.82, 2.24) is 0 Å². The van der Waals surface area contributed by atoms with E-state index in [1.54, 1.807) is 37.3 Å². The van der Waals surface area contributed by atoms with Crippen molar-refractivity contribution in [1.29, 1.82) is 0 Å². The Morgan fingerprint density at radius 3 is 2.53 bits per heavy atom. The van der Waals surface area contributed by atoms with Gasteiger partial charge in [0.1, 0.15) is 5.69 Å². The van der Waals surface area contributed by atoms with E-state index in [4.69, 9.17) is 4.74 Å². The fourth-order valence-electron chi connectivity index (χ4n) is 3.62. The number of anilines is 2. The Morgan fingerprint density at radius 1 is 1.20 bits per heavy atom. The van der Waals surface area contributed by atoms with Crippen molar-refractivity contribution in [2.24, 2.45) is 5.92 Å². The van der Waals surface area contributed by atoms with Gasteiger partial charge in [0.15, 0.2) is 0 Å². The summed E-state index contributed by atoms with van der Waals surface area (Å²) >= 11 is 0. The summed E-state index contributed by atoms with van der Waals surface area (Å²) in [5.41, 5.74) is 1.98. The first kappa shape index (κ1) is 21.3. The Morgan fingerprint density at radius 2 is 1.90 bits per heavy atom. The number of piperidine rings is 1. The Hall–Kier alpha value is -3.42. The van der Waals surface area contributed by atoms with E-state index in [2.05, 4.69) is 12.2 Å². The van der Waals surface area contributed by atoms with E-state index in [1.807, 2.05) is 4.90 Å². The fraction of sp³-hybridized carbons (Fsp3) is 0.364. The van der Waals surface area contributed by atoms with Crippen LogP contribution >= 0.6 is 0 Å². The van der Waals surface area contributed by atoms with Crippen molar-refractivity contribution in [3.63, 3.8) is 0 Å². The highest BCUT2D eigenvalue weighted by molar-refractivity contribution is 6.06. The SMILES string of the molecule is COC(=O)c1cccc(NC(=O)c2ccc(N3CCC(C)CC3)c([N+](=O)[O-])c2)c1C. The molecule has 2 aromatic rings. The summed E-state index contributed by atoms with van der Waals surface area (Å²) < 4.78 is 4.75. The lowest BCUT2D eigenvalue weighted by Gasteiger charge is -2.31. The van der Waals surface area contributed by atoms with Gasteiger partial charge in [-0.1, -0.05) is 13.0 Å². The van der Waals surface area contributed by atoms with E-state index in [0.29, 0.717) is 28.4 Å². The fourth-order valence-corrected chi connectivity index (χ4v) is 3.62. The van der Waals surface area contributed by atoms with Gasteiger partial charge >= 0.3 is 5.97 Å². The molecule has 8 nitrogen and oxygen atoms in total. The highest BCUT2D eigenvalue weighted by Gasteiger charge is 2.25. The summed E-state index contributed by atoms with van der Waals surface area (Å²) in [6.45, 7) is 5.39. The maximum absolute atomic E-state index is 12.8. The summed E-state index contributed by atoms with van der Waals surface area (Å²) in [7, 11) is 1.29. The second-order valence-corrected chi connectivity index (χ2v) is 7.55. The number of esters is 1. The first-order valence-corrected chi connectivity index (χ1v) is 9.84. The molecule has 2 aromatic carbocycles. The molecule has 0 bridgehead atoms. The second kappa shape index (κ2) is 8.94. The molecule has 0 aromatic heterocycles. The van der Waals surface area contributed by atoms with Crippen LogP contribution in [0.4, 0.5) is 17.1 Å². The third-order valence-corrected chi connectivity index (χ3v) is 5.55. The molecule has 0 radical (unpaired) electrons. The van der Waals surface area contributed by atoms with Crippen molar-refractivity contribution >= 4 is 28.9 Å². The first-order valence-electron chi connectivity index (χ1n) is 9.84. The van der Waals surface area contributed by atoms with Gasteiger partial charge in [0.05, 0.1) is 17.6 Å². The standard InChI is InChI=1S/C22H25N3O5/c1-14-9-11-24(12-10-14)19-8-7-16(13-20(19)25(28)29)21(26)23-18-6-4-5-17(15(18)2)22(27)30-3/h4-8,13-14H,9-12H2,1-3H3,(H,23,26). The minimum atomic E-state index is -0.501. The number of benzene rings is 2. The van der Waals surface area contributed by atoms with Gasteiger partial charge in [-0.05, 0) is 55.5 Å². The van der Waals surface area contributed by atoms with E-state index in [0.717, 1.165) is 25.9 Å². The predicted molar refractivity (Wildman–Crippen MR) is 114 cm³/mol. The summed E-state index contributed by atoms with van der Waals surface area (Å²) in [5, 5.41) is 14.4. The van der Waals surface area contributed by atoms with Crippen molar-refractivity contribution in [3.05, 3.63) is 63.2 Å². The molecular formula is C22H25N3O5. The molecule has 1 heterocycles. The quantitative estimate of drug-likeness (QED) is 0.450. The second-order valence-electron chi connectivity index (χ2n) is 7.55. The number of nitro benzene ring substituents is 1. The maximum atomic E-state index is 12.8. The van der Waals surface area contributed by atoms with Gasteiger partial charge in [-0.25, -0.2) is 4.79 Å². The molecule has 1 aliphatic rings. The minimum absolute atomic E-state index is 0.0859. The van der Waals surface area contributed by atoms with Gasteiger partial charge in [-0.15, -0.1) is 0 Å².